The molecule has 1 heterocycles. The molecule has 1 aromatic rings. The van der Waals surface area contributed by atoms with E-state index < -0.39 is 0 Å². The minimum absolute atomic E-state index is 0.270. The van der Waals surface area contributed by atoms with E-state index >= 15 is 0 Å². The van der Waals surface area contributed by atoms with Gasteiger partial charge in [0.15, 0.2) is 0 Å². The van der Waals surface area contributed by atoms with Crippen LogP contribution in [0.4, 0.5) is 5.69 Å². The first-order chi connectivity index (χ1) is 7.85. The van der Waals surface area contributed by atoms with Crippen LogP contribution in [0.1, 0.15) is 6.42 Å². The zero-order valence-corrected chi connectivity index (χ0v) is 8.77. The quantitative estimate of drug-likeness (QED) is 0.588. The van der Waals surface area contributed by atoms with Crippen LogP contribution in [0.5, 0.6) is 0 Å². The van der Waals surface area contributed by atoms with Crippen molar-refractivity contribution in [3.05, 3.63) is 40.8 Å². The second-order valence-electron chi connectivity index (χ2n) is 3.64. The van der Waals surface area contributed by atoms with Crippen LogP contribution in [0, 0.1) is 0 Å². The Morgan fingerprint density at radius 2 is 1.88 bits per heavy atom. The van der Waals surface area contributed by atoms with Gasteiger partial charge in [-0.15, -0.1) is 0 Å². The minimum atomic E-state index is 0.270. The summed E-state index contributed by atoms with van der Waals surface area (Å²) in [5.41, 5.74) is 0.946. The Hall–Kier alpha value is -2.08. The van der Waals surface area contributed by atoms with Crippen molar-refractivity contribution >= 4 is 17.6 Å². The topological polar surface area (TPSA) is 37.4 Å². The summed E-state index contributed by atoms with van der Waals surface area (Å²) in [5, 5.41) is 0.549. The first kappa shape index (κ1) is 10.4. The predicted molar refractivity (Wildman–Crippen MR) is 61.3 cm³/mol. The minimum Gasteiger partial charge on any atom is -0.367 e. The fraction of sp³-hybridized carbons (Fsp3) is 0.231. The van der Waals surface area contributed by atoms with E-state index in [1.54, 1.807) is 24.0 Å². The Morgan fingerprint density at radius 1 is 1.06 bits per heavy atom. The highest BCUT2D eigenvalue weighted by Gasteiger charge is 2.06. The summed E-state index contributed by atoms with van der Waals surface area (Å²) in [5.74, 6) is 3.50. The molecule has 3 heteroatoms. The van der Waals surface area contributed by atoms with Gasteiger partial charge in [0, 0.05) is 18.8 Å². The maximum absolute atomic E-state index is 10.7. The number of benzene rings is 1. The third kappa shape index (κ3) is 1.96. The molecule has 0 aliphatic carbocycles. The molecule has 2 rings (SSSR count). The van der Waals surface area contributed by atoms with Crippen LogP contribution in [0.3, 0.4) is 0 Å². The normalized spacial score (nSPS) is 14.4. The van der Waals surface area contributed by atoms with E-state index in [1.165, 1.54) is 0 Å². The van der Waals surface area contributed by atoms with Gasteiger partial charge >= 0.3 is 0 Å². The number of hydrogen-bond acceptors (Lipinski definition) is 3. The molecule has 0 N–H and O–H groups in total. The van der Waals surface area contributed by atoms with Crippen LogP contribution < -0.4 is 15.3 Å². The summed E-state index contributed by atoms with van der Waals surface area (Å²) in [6.45, 7) is 1.77. The summed E-state index contributed by atoms with van der Waals surface area (Å²) in [7, 11) is 0. The highest BCUT2D eigenvalue weighted by Crippen LogP contribution is 2.12. The molecule has 0 bridgehead atoms. The summed E-state index contributed by atoms with van der Waals surface area (Å²) >= 11 is 0. The first-order valence-corrected chi connectivity index (χ1v) is 5.15. The smallest absolute Gasteiger partial charge is 0.133 e. The third-order valence-corrected chi connectivity index (χ3v) is 2.65. The standard InChI is InChI=1S/C13H11NO2/c15-9-11-4-5-13(8-12(11)10-16)14-6-2-1-3-7-14/h1-2,4-5,8H,3,6-7H2. The molecule has 80 valence electrons. The van der Waals surface area contributed by atoms with Crippen molar-refractivity contribution in [1.29, 1.82) is 0 Å². The molecule has 0 radical (unpaired) electrons. The fourth-order valence-corrected chi connectivity index (χ4v) is 1.78. The maximum Gasteiger partial charge on any atom is 0.133 e. The van der Waals surface area contributed by atoms with Gasteiger partial charge in [-0.2, -0.15) is 0 Å². The highest BCUT2D eigenvalue weighted by molar-refractivity contribution is 5.59. The van der Waals surface area contributed by atoms with Crippen molar-refractivity contribution in [3.8, 4) is 0 Å². The zero-order valence-electron chi connectivity index (χ0n) is 8.77. The molecule has 16 heavy (non-hydrogen) atoms. The summed E-state index contributed by atoms with van der Waals surface area (Å²) in [6, 6.07) is 5.13. The van der Waals surface area contributed by atoms with Gasteiger partial charge in [0.2, 0.25) is 0 Å². The molecular formula is C13H11NO2. The van der Waals surface area contributed by atoms with Gasteiger partial charge in [0.25, 0.3) is 0 Å². The van der Waals surface area contributed by atoms with Crippen molar-refractivity contribution in [2.45, 2.75) is 6.42 Å². The molecule has 0 saturated carbocycles. The lowest BCUT2D eigenvalue weighted by atomic mass is 10.2. The summed E-state index contributed by atoms with van der Waals surface area (Å²) in [4.78, 5) is 23.4. The van der Waals surface area contributed by atoms with Crippen LogP contribution in [-0.4, -0.2) is 25.0 Å². The van der Waals surface area contributed by atoms with E-state index in [4.69, 9.17) is 0 Å². The Balaban J connectivity index is 2.48. The van der Waals surface area contributed by atoms with Gasteiger partial charge in [-0.1, -0.05) is 12.2 Å². The van der Waals surface area contributed by atoms with E-state index in [0.29, 0.717) is 0 Å². The predicted octanol–water partition coefficient (Wildman–Crippen LogP) is -0.541. The van der Waals surface area contributed by atoms with Crippen molar-refractivity contribution in [2.75, 3.05) is 18.0 Å². The fourth-order valence-electron chi connectivity index (χ4n) is 1.78. The molecule has 0 fully saturated rings. The molecular weight excluding hydrogens is 202 g/mol. The molecule has 0 atom stereocenters. The molecule has 1 aromatic carbocycles. The Kier molecular flexibility index (Phi) is 3.02. The summed E-state index contributed by atoms with van der Waals surface area (Å²) in [6.07, 6.45) is 5.23. The molecule has 3 nitrogen and oxygen atoms in total. The van der Waals surface area contributed by atoms with Crippen LogP contribution in [-0.2, 0) is 9.59 Å². The average Bonchev–Trinajstić information content (AvgIpc) is 2.39. The van der Waals surface area contributed by atoms with Crippen LogP contribution in [0.15, 0.2) is 30.4 Å². The molecule has 0 aromatic heterocycles. The first-order valence-electron chi connectivity index (χ1n) is 5.15. The van der Waals surface area contributed by atoms with Gasteiger partial charge in [-0.3, -0.25) is 0 Å². The van der Waals surface area contributed by atoms with E-state index in [9.17, 15) is 9.59 Å². The van der Waals surface area contributed by atoms with Crippen molar-refractivity contribution in [3.63, 3.8) is 0 Å². The molecule has 0 saturated heterocycles. The third-order valence-electron chi connectivity index (χ3n) is 2.65. The lowest BCUT2D eigenvalue weighted by Gasteiger charge is -2.25. The van der Waals surface area contributed by atoms with E-state index in [1.807, 2.05) is 6.07 Å². The number of nitrogens with zero attached hydrogens (tertiary/aromatic N) is 1. The molecule has 1 aliphatic rings. The SMILES string of the molecule is O=C=c1ccc(N2CC=CCC2)cc1=C=O. The van der Waals surface area contributed by atoms with Gasteiger partial charge in [-0.25, -0.2) is 9.59 Å². The van der Waals surface area contributed by atoms with Crippen LogP contribution >= 0.6 is 0 Å². The van der Waals surface area contributed by atoms with Gasteiger partial charge in [0.05, 0.1) is 10.4 Å². The molecule has 0 unspecified atom stereocenters. The second kappa shape index (κ2) is 4.63. The van der Waals surface area contributed by atoms with E-state index in [0.717, 1.165) is 25.2 Å². The van der Waals surface area contributed by atoms with E-state index in [2.05, 4.69) is 17.1 Å². The molecule has 0 amide bonds. The largest absolute Gasteiger partial charge is 0.367 e. The number of carbonyl (C=O) groups excluding carboxylic acids is 2. The Morgan fingerprint density at radius 3 is 2.50 bits per heavy atom. The van der Waals surface area contributed by atoms with Crippen LogP contribution in [0.2, 0.25) is 0 Å². The van der Waals surface area contributed by atoms with Crippen molar-refractivity contribution < 1.29 is 9.59 Å². The van der Waals surface area contributed by atoms with Crippen molar-refractivity contribution in [2.24, 2.45) is 0 Å². The Bertz CT molecular complexity index is 578. The van der Waals surface area contributed by atoms with E-state index in [-0.39, 0.29) is 10.4 Å². The molecule has 1 aliphatic heterocycles. The lowest BCUT2D eigenvalue weighted by Crippen LogP contribution is -2.32. The highest BCUT2D eigenvalue weighted by atomic mass is 16.1. The van der Waals surface area contributed by atoms with Gasteiger partial charge in [0.1, 0.15) is 11.9 Å². The zero-order chi connectivity index (χ0) is 11.4. The molecule has 0 spiro atoms. The number of hydrogen-bond donors (Lipinski definition) is 0. The van der Waals surface area contributed by atoms with Gasteiger partial charge in [-0.05, 0) is 24.6 Å². The Labute approximate surface area is 93.0 Å². The summed E-state index contributed by atoms with van der Waals surface area (Å²) < 4.78 is 0. The number of anilines is 1. The second-order valence-corrected chi connectivity index (χ2v) is 3.64. The average molecular weight is 213 g/mol. The van der Waals surface area contributed by atoms with Gasteiger partial charge < -0.3 is 4.90 Å². The monoisotopic (exact) mass is 213 g/mol. The van der Waals surface area contributed by atoms with Crippen molar-refractivity contribution in [1.82, 2.24) is 0 Å². The van der Waals surface area contributed by atoms with Crippen LogP contribution in [0.25, 0.3) is 0 Å². The lowest BCUT2D eigenvalue weighted by molar-refractivity contribution is 0.564. The number of rotatable bonds is 1. The maximum atomic E-state index is 10.7.